The lowest BCUT2D eigenvalue weighted by Gasteiger charge is -2.37. The quantitative estimate of drug-likeness (QED) is 0.687. The van der Waals surface area contributed by atoms with E-state index in [0.717, 1.165) is 16.5 Å². The van der Waals surface area contributed by atoms with Gasteiger partial charge in [-0.05, 0) is 43.0 Å². The van der Waals surface area contributed by atoms with Crippen LogP contribution in [0.15, 0.2) is 42.9 Å². The van der Waals surface area contributed by atoms with E-state index in [1.807, 2.05) is 43.7 Å². The molecule has 0 spiro atoms. The van der Waals surface area contributed by atoms with Crippen LogP contribution in [0.4, 0.5) is 0 Å². The highest BCUT2D eigenvalue weighted by molar-refractivity contribution is 5.98. The van der Waals surface area contributed by atoms with E-state index in [0.29, 0.717) is 18.4 Å². The van der Waals surface area contributed by atoms with Crippen molar-refractivity contribution in [1.29, 1.82) is 0 Å². The first-order chi connectivity index (χ1) is 11.6. The summed E-state index contributed by atoms with van der Waals surface area (Å²) < 4.78 is 1.73. The highest BCUT2D eigenvalue weighted by atomic mass is 16.3. The maximum absolute atomic E-state index is 12.7. The van der Waals surface area contributed by atoms with Crippen LogP contribution in [0.3, 0.4) is 0 Å². The number of nitrogens with one attached hydrogen (secondary N) is 2. The molecular weight excluding hydrogens is 304 g/mol. The maximum atomic E-state index is 12.7. The van der Waals surface area contributed by atoms with Gasteiger partial charge in [0, 0.05) is 41.5 Å². The molecule has 3 N–H and O–H groups in total. The summed E-state index contributed by atoms with van der Waals surface area (Å²) in [6.07, 6.45) is 6.71. The molecule has 2 aromatic heterocycles. The molecule has 0 radical (unpaired) electrons. The Balaban J connectivity index is 1.58. The van der Waals surface area contributed by atoms with Crippen LogP contribution in [0.5, 0.6) is 0 Å². The largest absolute Gasteiger partial charge is 0.393 e. The van der Waals surface area contributed by atoms with Gasteiger partial charge in [-0.3, -0.25) is 9.48 Å². The van der Waals surface area contributed by atoms with E-state index in [-0.39, 0.29) is 24.0 Å². The number of aliphatic hydroxyl groups is 1. The van der Waals surface area contributed by atoms with Crippen LogP contribution >= 0.6 is 0 Å². The monoisotopic (exact) mass is 324 g/mol. The summed E-state index contributed by atoms with van der Waals surface area (Å²) in [6.45, 7) is 0. The van der Waals surface area contributed by atoms with E-state index < -0.39 is 0 Å². The molecule has 1 atom stereocenters. The number of carbonyl (C=O) groups is 1. The summed E-state index contributed by atoms with van der Waals surface area (Å²) in [6, 6.07) is 7.45. The van der Waals surface area contributed by atoms with Gasteiger partial charge in [0.05, 0.1) is 18.3 Å². The Morgan fingerprint density at radius 3 is 2.96 bits per heavy atom. The van der Waals surface area contributed by atoms with Crippen molar-refractivity contribution in [3.05, 3.63) is 54.0 Å². The first-order valence-corrected chi connectivity index (χ1v) is 8.15. The highest BCUT2D eigenvalue weighted by Gasteiger charge is 2.36. The lowest BCUT2D eigenvalue weighted by molar-refractivity contribution is 0.0235. The van der Waals surface area contributed by atoms with Crippen LogP contribution in [0.2, 0.25) is 0 Å². The molecule has 0 bridgehead atoms. The average Bonchev–Trinajstić information content (AvgIpc) is 3.17. The van der Waals surface area contributed by atoms with Gasteiger partial charge >= 0.3 is 0 Å². The van der Waals surface area contributed by atoms with Gasteiger partial charge < -0.3 is 15.4 Å². The Labute approximate surface area is 139 Å². The van der Waals surface area contributed by atoms with Crippen LogP contribution in [0.25, 0.3) is 10.9 Å². The Morgan fingerprint density at radius 1 is 1.42 bits per heavy atom. The topological polar surface area (TPSA) is 82.9 Å². The summed E-state index contributed by atoms with van der Waals surface area (Å²) in [5.41, 5.74) is 2.62. The molecule has 2 heterocycles. The second kappa shape index (κ2) is 5.79. The van der Waals surface area contributed by atoms with Crippen molar-refractivity contribution in [1.82, 2.24) is 20.1 Å². The maximum Gasteiger partial charge on any atom is 0.251 e. The van der Waals surface area contributed by atoms with Crippen LogP contribution in [-0.2, 0) is 7.05 Å². The van der Waals surface area contributed by atoms with Crippen molar-refractivity contribution in [3.63, 3.8) is 0 Å². The van der Waals surface area contributed by atoms with Crippen LogP contribution in [-0.4, -0.2) is 31.9 Å². The standard InChI is InChI=1S/C18H20N4O2/c1-22-10-14(9-20-22)17(13-7-15(23)8-13)21-18(24)12-2-3-16-11(6-12)4-5-19-16/h2-6,9-10,13,15,17,19,23H,7-8H2,1H3,(H,21,24)/t13?,15?,17-/m1/s1. The third kappa shape index (κ3) is 2.69. The Morgan fingerprint density at radius 2 is 2.25 bits per heavy atom. The summed E-state index contributed by atoms with van der Waals surface area (Å²) in [5.74, 6) is 0.137. The minimum atomic E-state index is -0.262. The first-order valence-electron chi connectivity index (χ1n) is 8.15. The fourth-order valence-electron chi connectivity index (χ4n) is 3.40. The summed E-state index contributed by atoms with van der Waals surface area (Å²) in [4.78, 5) is 15.8. The molecule has 0 saturated heterocycles. The predicted octanol–water partition coefficient (Wildman–Crippen LogP) is 2.14. The van der Waals surface area contributed by atoms with Gasteiger partial charge in [0.15, 0.2) is 0 Å². The number of hydrogen-bond acceptors (Lipinski definition) is 3. The number of aliphatic hydroxyl groups excluding tert-OH is 1. The van der Waals surface area contributed by atoms with E-state index in [4.69, 9.17) is 0 Å². The molecule has 1 aliphatic rings. The van der Waals surface area contributed by atoms with Gasteiger partial charge in [-0.15, -0.1) is 0 Å². The van der Waals surface area contributed by atoms with Crippen molar-refractivity contribution in [3.8, 4) is 0 Å². The average molecular weight is 324 g/mol. The number of carbonyl (C=O) groups excluding carboxylic acids is 1. The first kappa shape index (κ1) is 15.0. The molecule has 3 aromatic rings. The fourth-order valence-corrected chi connectivity index (χ4v) is 3.40. The number of fused-ring (bicyclic) bond motifs is 1. The molecule has 1 amide bonds. The minimum absolute atomic E-state index is 0.103. The van der Waals surface area contributed by atoms with E-state index in [1.54, 1.807) is 10.9 Å². The SMILES string of the molecule is Cn1cc([C@H](NC(=O)c2ccc3[nH]ccc3c2)C2CC(O)C2)cn1. The van der Waals surface area contributed by atoms with Crippen molar-refractivity contribution in [2.75, 3.05) is 0 Å². The minimum Gasteiger partial charge on any atom is -0.393 e. The molecular formula is C18H20N4O2. The van der Waals surface area contributed by atoms with E-state index in [1.165, 1.54) is 0 Å². The van der Waals surface area contributed by atoms with E-state index in [9.17, 15) is 9.90 Å². The molecule has 4 rings (SSSR count). The number of nitrogens with zero attached hydrogens (tertiary/aromatic N) is 2. The van der Waals surface area contributed by atoms with Crippen molar-refractivity contribution < 1.29 is 9.90 Å². The van der Waals surface area contributed by atoms with Crippen LogP contribution in [0, 0.1) is 5.92 Å². The normalized spacial score (nSPS) is 21.4. The zero-order valence-electron chi connectivity index (χ0n) is 13.4. The Bertz CT molecular complexity index is 876. The van der Waals surface area contributed by atoms with Gasteiger partial charge in [0.2, 0.25) is 0 Å². The smallest absolute Gasteiger partial charge is 0.251 e. The zero-order chi connectivity index (χ0) is 16.7. The van der Waals surface area contributed by atoms with Gasteiger partial charge in [-0.1, -0.05) is 0 Å². The molecule has 6 nitrogen and oxygen atoms in total. The Kier molecular flexibility index (Phi) is 3.61. The molecule has 0 unspecified atom stereocenters. The second-order valence-corrected chi connectivity index (χ2v) is 6.56. The molecule has 124 valence electrons. The van der Waals surface area contributed by atoms with Crippen LogP contribution < -0.4 is 5.32 Å². The number of aromatic amines is 1. The molecule has 1 aromatic carbocycles. The molecule has 6 heteroatoms. The van der Waals surface area contributed by atoms with E-state index in [2.05, 4.69) is 15.4 Å². The molecule has 1 fully saturated rings. The molecule has 0 aliphatic heterocycles. The number of amides is 1. The van der Waals surface area contributed by atoms with Gasteiger partial charge in [-0.2, -0.15) is 5.10 Å². The number of H-pyrrole nitrogens is 1. The van der Waals surface area contributed by atoms with E-state index >= 15 is 0 Å². The summed E-state index contributed by atoms with van der Waals surface area (Å²) in [5, 5.41) is 18.0. The second-order valence-electron chi connectivity index (χ2n) is 6.56. The third-order valence-corrected chi connectivity index (χ3v) is 4.81. The summed E-state index contributed by atoms with van der Waals surface area (Å²) >= 11 is 0. The molecule has 1 saturated carbocycles. The predicted molar refractivity (Wildman–Crippen MR) is 90.4 cm³/mol. The molecule has 24 heavy (non-hydrogen) atoms. The van der Waals surface area contributed by atoms with Gasteiger partial charge in [0.25, 0.3) is 5.91 Å². The Hall–Kier alpha value is -2.60. The lowest BCUT2D eigenvalue weighted by atomic mass is 9.75. The number of aromatic nitrogens is 3. The summed E-state index contributed by atoms with van der Waals surface area (Å²) in [7, 11) is 1.86. The molecule has 1 aliphatic carbocycles. The highest BCUT2D eigenvalue weighted by Crippen LogP contribution is 2.38. The van der Waals surface area contributed by atoms with Crippen molar-refractivity contribution >= 4 is 16.8 Å². The van der Waals surface area contributed by atoms with Crippen molar-refractivity contribution in [2.24, 2.45) is 13.0 Å². The zero-order valence-corrected chi connectivity index (χ0v) is 13.4. The third-order valence-electron chi connectivity index (χ3n) is 4.81. The fraction of sp³-hybridized carbons (Fsp3) is 0.333. The van der Waals surface area contributed by atoms with Crippen molar-refractivity contribution in [2.45, 2.75) is 25.0 Å². The van der Waals surface area contributed by atoms with Gasteiger partial charge in [0.1, 0.15) is 0 Å². The van der Waals surface area contributed by atoms with Crippen LogP contribution in [0.1, 0.15) is 34.8 Å². The lowest BCUT2D eigenvalue weighted by Crippen LogP contribution is -2.41. The number of rotatable bonds is 4. The number of aryl methyl sites for hydroxylation is 1. The number of benzene rings is 1. The number of hydrogen-bond donors (Lipinski definition) is 3. The van der Waals surface area contributed by atoms with Gasteiger partial charge in [-0.25, -0.2) is 0 Å².